The number of rotatable bonds is 2. The number of hydrogen-bond acceptors (Lipinski definition) is 3. The largest absolute Gasteiger partial charge is 0.328 e. The minimum Gasteiger partial charge on any atom is -0.328 e. The number of benzene rings is 1. The number of nitrogens with two attached hydrogens (primary N) is 1. The van der Waals surface area contributed by atoms with Crippen LogP contribution in [-0.2, 0) is 4.79 Å². The first kappa shape index (κ1) is 13.9. The fourth-order valence-electron chi connectivity index (χ4n) is 2.39. The maximum Gasteiger partial charge on any atom is 0.227 e. The Bertz CT molecular complexity index is 524. The summed E-state index contributed by atoms with van der Waals surface area (Å²) in [5.41, 5.74) is 6.85. The standard InChI is InChI=1S/C14H16ClN3O/c15-12-5-4-9(8-16)6-13(12)18-14(19)10-2-1-3-11(17)7-10/h4-6,10-11H,1-3,7,17H2,(H,18,19). The van der Waals surface area contributed by atoms with Crippen molar-refractivity contribution in [3.8, 4) is 6.07 Å². The Kier molecular flexibility index (Phi) is 4.41. The average Bonchev–Trinajstić information content (AvgIpc) is 2.41. The van der Waals surface area contributed by atoms with E-state index in [1.807, 2.05) is 6.07 Å². The van der Waals surface area contributed by atoms with E-state index in [1.165, 1.54) is 0 Å². The molecule has 4 nitrogen and oxygen atoms in total. The molecule has 0 heterocycles. The number of anilines is 1. The van der Waals surface area contributed by atoms with Gasteiger partial charge in [0.05, 0.1) is 22.3 Å². The van der Waals surface area contributed by atoms with E-state index >= 15 is 0 Å². The number of nitrogens with one attached hydrogen (secondary N) is 1. The van der Waals surface area contributed by atoms with Crippen molar-refractivity contribution in [2.45, 2.75) is 31.7 Å². The Hall–Kier alpha value is -1.57. The van der Waals surface area contributed by atoms with Crippen molar-refractivity contribution in [2.24, 2.45) is 11.7 Å². The Morgan fingerprint density at radius 3 is 2.95 bits per heavy atom. The van der Waals surface area contributed by atoms with Gasteiger partial charge in [-0.1, -0.05) is 18.0 Å². The third-order valence-corrected chi connectivity index (χ3v) is 3.77. The molecule has 0 bridgehead atoms. The Labute approximate surface area is 117 Å². The maximum absolute atomic E-state index is 12.2. The van der Waals surface area contributed by atoms with Crippen molar-refractivity contribution in [1.29, 1.82) is 5.26 Å². The number of carbonyl (C=O) groups is 1. The summed E-state index contributed by atoms with van der Waals surface area (Å²) in [7, 11) is 0. The van der Waals surface area contributed by atoms with Gasteiger partial charge in [0.1, 0.15) is 0 Å². The van der Waals surface area contributed by atoms with E-state index < -0.39 is 0 Å². The molecular weight excluding hydrogens is 262 g/mol. The van der Waals surface area contributed by atoms with E-state index in [1.54, 1.807) is 18.2 Å². The lowest BCUT2D eigenvalue weighted by Crippen LogP contribution is -2.34. The van der Waals surface area contributed by atoms with Crippen molar-refractivity contribution in [1.82, 2.24) is 0 Å². The number of hydrogen-bond donors (Lipinski definition) is 2. The molecule has 0 spiro atoms. The van der Waals surface area contributed by atoms with Gasteiger partial charge >= 0.3 is 0 Å². The molecular formula is C14H16ClN3O. The fourth-order valence-corrected chi connectivity index (χ4v) is 2.56. The number of carbonyl (C=O) groups excluding carboxylic acids is 1. The molecule has 1 fully saturated rings. The van der Waals surface area contributed by atoms with Crippen LogP contribution in [-0.4, -0.2) is 11.9 Å². The smallest absolute Gasteiger partial charge is 0.227 e. The molecule has 0 radical (unpaired) electrons. The molecule has 19 heavy (non-hydrogen) atoms. The monoisotopic (exact) mass is 277 g/mol. The van der Waals surface area contributed by atoms with Crippen LogP contribution < -0.4 is 11.1 Å². The molecule has 1 aromatic rings. The third-order valence-electron chi connectivity index (χ3n) is 3.44. The van der Waals surface area contributed by atoms with Crippen LogP contribution in [0, 0.1) is 17.2 Å². The van der Waals surface area contributed by atoms with E-state index in [0.717, 1.165) is 19.3 Å². The normalized spacial score (nSPS) is 22.6. The van der Waals surface area contributed by atoms with Gasteiger partial charge in [-0.15, -0.1) is 0 Å². The second kappa shape index (κ2) is 6.05. The van der Waals surface area contributed by atoms with Crippen LogP contribution in [0.15, 0.2) is 18.2 Å². The molecule has 1 aliphatic carbocycles. The predicted molar refractivity (Wildman–Crippen MR) is 74.7 cm³/mol. The molecule has 1 aliphatic rings. The van der Waals surface area contributed by atoms with Crippen molar-refractivity contribution < 1.29 is 4.79 Å². The number of nitriles is 1. The molecule has 1 saturated carbocycles. The van der Waals surface area contributed by atoms with Crippen LogP contribution in [0.25, 0.3) is 0 Å². The molecule has 1 aromatic carbocycles. The summed E-state index contributed by atoms with van der Waals surface area (Å²) < 4.78 is 0. The van der Waals surface area contributed by atoms with Crippen LogP contribution in [0.5, 0.6) is 0 Å². The zero-order valence-corrected chi connectivity index (χ0v) is 11.3. The topological polar surface area (TPSA) is 78.9 Å². The van der Waals surface area contributed by atoms with Gasteiger partial charge in [0.15, 0.2) is 0 Å². The summed E-state index contributed by atoms with van der Waals surface area (Å²) in [6.07, 6.45) is 3.52. The first-order valence-electron chi connectivity index (χ1n) is 6.36. The minimum atomic E-state index is -0.0643. The summed E-state index contributed by atoms with van der Waals surface area (Å²) in [5, 5.41) is 12.1. The summed E-state index contributed by atoms with van der Waals surface area (Å²) in [6.45, 7) is 0. The zero-order chi connectivity index (χ0) is 13.8. The summed E-state index contributed by atoms with van der Waals surface area (Å²) in [5.74, 6) is -0.127. The number of nitrogens with zero attached hydrogens (tertiary/aromatic N) is 1. The predicted octanol–water partition coefficient (Wildman–Crippen LogP) is 2.67. The highest BCUT2D eigenvalue weighted by Gasteiger charge is 2.25. The van der Waals surface area contributed by atoms with Gasteiger partial charge in [0.2, 0.25) is 5.91 Å². The molecule has 1 amide bonds. The van der Waals surface area contributed by atoms with Crippen LogP contribution in [0.4, 0.5) is 5.69 Å². The SMILES string of the molecule is N#Cc1ccc(Cl)c(NC(=O)C2CCCC(N)C2)c1. The van der Waals surface area contributed by atoms with Crippen LogP contribution in [0.2, 0.25) is 5.02 Å². The van der Waals surface area contributed by atoms with Crippen LogP contribution in [0.3, 0.4) is 0 Å². The molecule has 0 saturated heterocycles. The minimum absolute atomic E-state index is 0.0628. The summed E-state index contributed by atoms with van der Waals surface area (Å²) in [6, 6.07) is 6.95. The molecule has 2 atom stereocenters. The summed E-state index contributed by atoms with van der Waals surface area (Å²) >= 11 is 6.02. The highest BCUT2D eigenvalue weighted by Crippen LogP contribution is 2.27. The Morgan fingerprint density at radius 1 is 1.47 bits per heavy atom. The molecule has 5 heteroatoms. The number of halogens is 1. The second-order valence-corrected chi connectivity index (χ2v) is 5.33. The van der Waals surface area contributed by atoms with E-state index in [2.05, 4.69) is 5.32 Å². The van der Waals surface area contributed by atoms with Crippen LogP contribution >= 0.6 is 11.6 Å². The van der Waals surface area contributed by atoms with Gasteiger partial charge in [-0.25, -0.2) is 0 Å². The van der Waals surface area contributed by atoms with E-state index in [0.29, 0.717) is 22.7 Å². The molecule has 2 unspecified atom stereocenters. The van der Waals surface area contributed by atoms with Gasteiger partial charge in [-0.2, -0.15) is 5.26 Å². The van der Waals surface area contributed by atoms with Crippen molar-refractivity contribution in [3.63, 3.8) is 0 Å². The van der Waals surface area contributed by atoms with Gasteiger partial charge in [-0.05, 0) is 37.5 Å². The maximum atomic E-state index is 12.2. The Morgan fingerprint density at radius 2 is 2.26 bits per heavy atom. The molecule has 3 N–H and O–H groups in total. The van der Waals surface area contributed by atoms with Gasteiger partial charge in [0.25, 0.3) is 0 Å². The lowest BCUT2D eigenvalue weighted by molar-refractivity contribution is -0.120. The quantitative estimate of drug-likeness (QED) is 0.872. The Balaban J connectivity index is 2.08. The average molecular weight is 278 g/mol. The van der Waals surface area contributed by atoms with Crippen molar-refractivity contribution in [2.75, 3.05) is 5.32 Å². The van der Waals surface area contributed by atoms with E-state index in [4.69, 9.17) is 22.6 Å². The molecule has 0 aliphatic heterocycles. The molecule has 100 valence electrons. The van der Waals surface area contributed by atoms with Gasteiger partial charge in [-0.3, -0.25) is 4.79 Å². The highest BCUT2D eigenvalue weighted by molar-refractivity contribution is 6.33. The van der Waals surface area contributed by atoms with Crippen LogP contribution in [0.1, 0.15) is 31.2 Å². The van der Waals surface area contributed by atoms with Gasteiger partial charge in [0, 0.05) is 12.0 Å². The summed E-state index contributed by atoms with van der Waals surface area (Å²) in [4.78, 5) is 12.2. The lowest BCUT2D eigenvalue weighted by Gasteiger charge is -2.25. The first-order chi connectivity index (χ1) is 9.10. The van der Waals surface area contributed by atoms with Crippen molar-refractivity contribution in [3.05, 3.63) is 28.8 Å². The van der Waals surface area contributed by atoms with E-state index in [-0.39, 0.29) is 17.9 Å². The molecule has 2 rings (SSSR count). The van der Waals surface area contributed by atoms with E-state index in [9.17, 15) is 4.79 Å². The zero-order valence-electron chi connectivity index (χ0n) is 10.5. The fraction of sp³-hybridized carbons (Fsp3) is 0.429. The van der Waals surface area contributed by atoms with Gasteiger partial charge < -0.3 is 11.1 Å². The second-order valence-electron chi connectivity index (χ2n) is 4.92. The third kappa shape index (κ3) is 3.46. The number of amides is 1. The highest BCUT2D eigenvalue weighted by atomic mass is 35.5. The first-order valence-corrected chi connectivity index (χ1v) is 6.74. The van der Waals surface area contributed by atoms with Crippen molar-refractivity contribution >= 4 is 23.2 Å². The lowest BCUT2D eigenvalue weighted by atomic mass is 9.85. The molecule has 0 aromatic heterocycles.